The number of hydrogen-bond donors (Lipinski definition) is 3. The van der Waals surface area contributed by atoms with Crippen LogP contribution in [0.25, 0.3) is 0 Å². The van der Waals surface area contributed by atoms with Gasteiger partial charge in [-0.3, -0.25) is 4.90 Å². The number of aliphatic hydroxyl groups excluding tert-OH is 1. The lowest BCUT2D eigenvalue weighted by molar-refractivity contribution is 0.146. The van der Waals surface area contributed by atoms with Crippen LogP contribution in [0.3, 0.4) is 0 Å². The topological polar surface area (TPSA) is 77.1 Å². The van der Waals surface area contributed by atoms with Crippen LogP contribution in [0, 0.1) is 0 Å². The minimum Gasteiger partial charge on any atom is -0.395 e. The lowest BCUT2D eigenvalue weighted by Crippen LogP contribution is -2.52. The lowest BCUT2D eigenvalue weighted by Gasteiger charge is -2.37. The van der Waals surface area contributed by atoms with E-state index in [2.05, 4.69) is 15.1 Å². The van der Waals surface area contributed by atoms with Gasteiger partial charge in [-0.25, -0.2) is 4.99 Å². The number of piperazine rings is 1. The summed E-state index contributed by atoms with van der Waals surface area (Å²) in [6.45, 7) is 4.39. The van der Waals surface area contributed by atoms with Crippen molar-refractivity contribution in [3.05, 3.63) is 28.2 Å². The predicted octanol–water partition coefficient (Wildman–Crippen LogP) is 2.64. The number of guanidine groups is 1. The maximum atomic E-state index is 9.16. The third-order valence-corrected chi connectivity index (χ3v) is 5.88. The van der Waals surface area contributed by atoms with Crippen molar-refractivity contribution in [3.8, 4) is 0 Å². The monoisotopic (exact) mass is 413 g/mol. The average Bonchev–Trinajstić information content (AvgIpc) is 2.66. The molecule has 1 saturated heterocycles. The molecule has 27 heavy (non-hydrogen) atoms. The summed E-state index contributed by atoms with van der Waals surface area (Å²) in [6, 6.07) is 5.66. The number of benzene rings is 1. The maximum absolute atomic E-state index is 9.16. The van der Waals surface area contributed by atoms with Crippen molar-refractivity contribution in [1.29, 1.82) is 0 Å². The molecule has 2 aliphatic rings. The van der Waals surface area contributed by atoms with E-state index >= 15 is 0 Å². The van der Waals surface area contributed by atoms with E-state index in [0.717, 1.165) is 50.7 Å². The molecule has 0 unspecified atom stereocenters. The van der Waals surface area contributed by atoms with E-state index in [1.807, 2.05) is 12.1 Å². The molecule has 2 atom stereocenters. The standard InChI is InChI=1S/C19H29Cl2N5O/c20-14-5-6-17(15(21)13-14)23-19(24-18-4-2-1-3-16(18)22)26-9-7-25(8-10-26)11-12-27/h5-6,13,16,18,27H,1-4,7-12,22H2,(H,23,24)/t16-,18-/m0/s1. The first-order valence-electron chi connectivity index (χ1n) is 9.70. The Labute approximate surface area is 171 Å². The molecular formula is C19H29Cl2N5O. The summed E-state index contributed by atoms with van der Waals surface area (Å²) in [5.74, 6) is 0.824. The van der Waals surface area contributed by atoms with E-state index in [9.17, 15) is 0 Å². The molecule has 0 spiro atoms. The molecule has 1 heterocycles. The Morgan fingerprint density at radius 2 is 1.93 bits per heavy atom. The van der Waals surface area contributed by atoms with E-state index < -0.39 is 0 Å². The minimum absolute atomic E-state index is 0.104. The summed E-state index contributed by atoms with van der Waals surface area (Å²) in [4.78, 5) is 9.53. The van der Waals surface area contributed by atoms with Gasteiger partial charge in [0.25, 0.3) is 0 Å². The van der Waals surface area contributed by atoms with Crippen molar-refractivity contribution >= 4 is 34.8 Å². The van der Waals surface area contributed by atoms with E-state index in [-0.39, 0.29) is 18.7 Å². The third-order valence-electron chi connectivity index (χ3n) is 5.34. The van der Waals surface area contributed by atoms with Crippen LogP contribution in [0.4, 0.5) is 5.69 Å². The summed E-state index contributed by atoms with van der Waals surface area (Å²) < 4.78 is 0. The summed E-state index contributed by atoms with van der Waals surface area (Å²) in [6.07, 6.45) is 4.39. The lowest BCUT2D eigenvalue weighted by atomic mass is 9.91. The summed E-state index contributed by atoms with van der Waals surface area (Å²) in [5.41, 5.74) is 7.12. The highest BCUT2D eigenvalue weighted by Gasteiger charge is 2.25. The number of β-amino-alcohol motifs (C(OH)–C–C–N with tert-alkyl or cyclic N) is 1. The molecule has 150 valence electrons. The molecule has 0 bridgehead atoms. The van der Waals surface area contributed by atoms with Gasteiger partial charge in [0.1, 0.15) is 0 Å². The van der Waals surface area contributed by atoms with E-state index in [0.29, 0.717) is 16.6 Å². The number of anilines is 1. The fourth-order valence-corrected chi connectivity index (χ4v) is 4.14. The number of aliphatic imine (C=N–C) groups is 1. The highest BCUT2D eigenvalue weighted by molar-refractivity contribution is 6.36. The molecule has 1 aromatic carbocycles. The van der Waals surface area contributed by atoms with Crippen LogP contribution in [0.15, 0.2) is 23.2 Å². The quantitative estimate of drug-likeness (QED) is 0.522. The number of halogens is 2. The van der Waals surface area contributed by atoms with Crippen LogP contribution < -0.4 is 11.1 Å². The summed E-state index contributed by atoms with van der Waals surface area (Å²) in [5, 5.41) is 13.8. The number of aliphatic hydroxyl groups is 1. The Bertz CT molecular complexity index is 649. The highest BCUT2D eigenvalue weighted by Crippen LogP contribution is 2.26. The van der Waals surface area contributed by atoms with Crippen molar-refractivity contribution in [3.63, 3.8) is 0 Å². The second-order valence-electron chi connectivity index (χ2n) is 7.27. The van der Waals surface area contributed by atoms with Gasteiger partial charge >= 0.3 is 0 Å². The third kappa shape index (κ3) is 5.72. The Morgan fingerprint density at radius 1 is 1.19 bits per heavy atom. The van der Waals surface area contributed by atoms with Crippen LogP contribution in [0.1, 0.15) is 25.7 Å². The maximum Gasteiger partial charge on any atom is 0.198 e. The molecule has 1 saturated carbocycles. The van der Waals surface area contributed by atoms with Gasteiger partial charge in [-0.15, -0.1) is 0 Å². The number of nitrogens with two attached hydrogens (primary N) is 1. The minimum atomic E-state index is 0.104. The molecule has 8 heteroatoms. The molecule has 0 amide bonds. The van der Waals surface area contributed by atoms with Crippen molar-refractivity contribution in [2.45, 2.75) is 37.8 Å². The first-order chi connectivity index (χ1) is 13.1. The van der Waals surface area contributed by atoms with Crippen molar-refractivity contribution in [2.75, 3.05) is 44.6 Å². The molecule has 1 aliphatic carbocycles. The molecule has 2 fully saturated rings. The van der Waals surface area contributed by atoms with E-state index in [4.69, 9.17) is 39.0 Å². The van der Waals surface area contributed by atoms with Gasteiger partial charge in [-0.1, -0.05) is 36.0 Å². The zero-order valence-electron chi connectivity index (χ0n) is 15.6. The Hall–Kier alpha value is -1.05. The molecular weight excluding hydrogens is 385 g/mol. The first kappa shape index (κ1) is 20.7. The fraction of sp³-hybridized carbons (Fsp3) is 0.632. The fourth-order valence-electron chi connectivity index (χ4n) is 3.69. The largest absolute Gasteiger partial charge is 0.395 e. The number of nitrogens with one attached hydrogen (secondary N) is 1. The first-order valence-corrected chi connectivity index (χ1v) is 10.5. The van der Waals surface area contributed by atoms with Gasteiger partial charge in [0, 0.05) is 43.8 Å². The van der Waals surface area contributed by atoms with Gasteiger partial charge in [0.15, 0.2) is 5.96 Å². The van der Waals surface area contributed by atoms with E-state index in [1.54, 1.807) is 6.07 Å². The second kappa shape index (κ2) is 9.94. The second-order valence-corrected chi connectivity index (χ2v) is 8.11. The van der Waals surface area contributed by atoms with Crippen molar-refractivity contribution < 1.29 is 5.11 Å². The van der Waals surface area contributed by atoms with Crippen LogP contribution >= 0.6 is 23.2 Å². The van der Waals surface area contributed by atoms with Crippen molar-refractivity contribution in [2.24, 2.45) is 10.7 Å². The van der Waals surface area contributed by atoms with Gasteiger partial charge in [-0.2, -0.15) is 0 Å². The predicted molar refractivity (Wildman–Crippen MR) is 113 cm³/mol. The molecule has 6 nitrogen and oxygen atoms in total. The normalized spacial score (nSPS) is 24.9. The SMILES string of the molecule is N[C@H]1CCCC[C@@H]1N=C(Nc1ccc(Cl)cc1Cl)N1CCN(CCO)CC1. The highest BCUT2D eigenvalue weighted by atomic mass is 35.5. The zero-order valence-corrected chi connectivity index (χ0v) is 17.1. The Morgan fingerprint density at radius 3 is 2.59 bits per heavy atom. The molecule has 3 rings (SSSR count). The Kier molecular flexibility index (Phi) is 7.61. The molecule has 0 aromatic heterocycles. The number of hydrogen-bond acceptors (Lipinski definition) is 4. The molecule has 0 radical (unpaired) electrons. The number of nitrogens with zero attached hydrogens (tertiary/aromatic N) is 3. The number of rotatable bonds is 4. The van der Waals surface area contributed by atoms with Crippen LogP contribution in [-0.4, -0.2) is 72.3 Å². The van der Waals surface area contributed by atoms with Crippen molar-refractivity contribution in [1.82, 2.24) is 9.80 Å². The van der Waals surface area contributed by atoms with Crippen LogP contribution in [-0.2, 0) is 0 Å². The van der Waals surface area contributed by atoms with Gasteiger partial charge < -0.3 is 21.1 Å². The zero-order chi connectivity index (χ0) is 19.2. The molecule has 1 aromatic rings. The van der Waals surface area contributed by atoms with Gasteiger partial charge in [0.05, 0.1) is 23.4 Å². The van der Waals surface area contributed by atoms with E-state index in [1.165, 1.54) is 12.8 Å². The Balaban J connectivity index is 1.78. The van der Waals surface area contributed by atoms with Crippen LogP contribution in [0.2, 0.25) is 10.0 Å². The van der Waals surface area contributed by atoms with Crippen LogP contribution in [0.5, 0.6) is 0 Å². The average molecular weight is 414 g/mol. The van der Waals surface area contributed by atoms with Gasteiger partial charge in [-0.05, 0) is 31.0 Å². The molecule has 4 N–H and O–H groups in total. The summed E-state index contributed by atoms with van der Waals surface area (Å²) >= 11 is 12.4. The molecule has 1 aliphatic heterocycles. The smallest absolute Gasteiger partial charge is 0.198 e. The summed E-state index contributed by atoms with van der Waals surface area (Å²) in [7, 11) is 0. The van der Waals surface area contributed by atoms with Gasteiger partial charge in [0.2, 0.25) is 0 Å².